The Balaban J connectivity index is 1.86. The molecule has 9 heteroatoms. The molecule has 0 amide bonds. The van der Waals surface area contributed by atoms with Crippen molar-refractivity contribution in [1.82, 2.24) is 19.1 Å². The van der Waals surface area contributed by atoms with Crippen LogP contribution in [0.1, 0.15) is 39.5 Å². The lowest BCUT2D eigenvalue weighted by molar-refractivity contribution is 0.0938. The van der Waals surface area contributed by atoms with Crippen LogP contribution in [0, 0.1) is 5.92 Å². The Kier molecular flexibility index (Phi) is 8.10. The van der Waals surface area contributed by atoms with Gasteiger partial charge in [-0.2, -0.15) is 4.98 Å². The van der Waals surface area contributed by atoms with E-state index in [2.05, 4.69) is 29.1 Å². The largest absolute Gasteiger partial charge is 0.491 e. The maximum absolute atomic E-state index is 12.6. The number of hydrogen-bond donors (Lipinski definition) is 3. The van der Waals surface area contributed by atoms with Gasteiger partial charge < -0.3 is 19.7 Å². The van der Waals surface area contributed by atoms with Crippen LogP contribution in [0.4, 0.5) is 5.95 Å². The molecule has 0 aliphatic rings. The topological polar surface area (TPSA) is 114 Å². The van der Waals surface area contributed by atoms with Crippen molar-refractivity contribution in [2.75, 3.05) is 18.5 Å². The van der Waals surface area contributed by atoms with Crippen LogP contribution < -0.4 is 21.3 Å². The molecule has 2 aromatic heterocycles. The van der Waals surface area contributed by atoms with E-state index < -0.39 is 17.4 Å². The highest BCUT2D eigenvalue weighted by Gasteiger charge is 2.20. The Morgan fingerprint density at radius 3 is 2.66 bits per heavy atom. The molecule has 32 heavy (non-hydrogen) atoms. The summed E-state index contributed by atoms with van der Waals surface area (Å²) in [5, 5.41) is 14.0. The average Bonchev–Trinajstić information content (AvgIpc) is 3.15. The number of aliphatic hydroxyl groups is 1. The molecule has 3 aromatic rings. The molecule has 2 heterocycles. The predicted molar refractivity (Wildman–Crippen MR) is 125 cm³/mol. The number of aliphatic hydroxyl groups excluding tert-OH is 1. The summed E-state index contributed by atoms with van der Waals surface area (Å²) < 4.78 is 8.60. The van der Waals surface area contributed by atoms with E-state index in [1.807, 2.05) is 30.3 Å². The van der Waals surface area contributed by atoms with Gasteiger partial charge in [0.1, 0.15) is 18.5 Å². The Labute approximate surface area is 187 Å². The van der Waals surface area contributed by atoms with Gasteiger partial charge in [-0.3, -0.25) is 14.3 Å². The number of nitrogens with zero attached hydrogens (tertiary/aromatic N) is 3. The maximum atomic E-state index is 12.6. The molecule has 0 saturated carbocycles. The number of para-hydroxylation sites is 1. The molecule has 0 aliphatic heterocycles. The van der Waals surface area contributed by atoms with Crippen molar-refractivity contribution in [1.29, 1.82) is 0 Å². The van der Waals surface area contributed by atoms with E-state index in [1.165, 1.54) is 4.57 Å². The number of anilines is 1. The molecular formula is C23H33N5O4. The lowest BCUT2D eigenvalue weighted by atomic mass is 9.99. The summed E-state index contributed by atoms with van der Waals surface area (Å²) in [6.45, 7) is 5.18. The first-order chi connectivity index (χ1) is 15.4. The van der Waals surface area contributed by atoms with Crippen molar-refractivity contribution in [2.24, 2.45) is 13.0 Å². The fourth-order valence-corrected chi connectivity index (χ4v) is 3.70. The maximum Gasteiger partial charge on any atom is 0.329 e. The summed E-state index contributed by atoms with van der Waals surface area (Å²) in [4.78, 5) is 31.5. The summed E-state index contributed by atoms with van der Waals surface area (Å²) >= 11 is 0. The molecule has 0 aliphatic carbocycles. The Bertz CT molecular complexity index is 1120. The number of aryl methyl sites for hydroxylation is 1. The normalized spacial score (nSPS) is 13.2. The van der Waals surface area contributed by atoms with Gasteiger partial charge in [0.15, 0.2) is 11.2 Å². The molecule has 0 fully saturated rings. The van der Waals surface area contributed by atoms with Crippen LogP contribution >= 0.6 is 0 Å². The van der Waals surface area contributed by atoms with Crippen LogP contribution in [-0.4, -0.2) is 43.5 Å². The number of H-pyrrole nitrogens is 1. The molecular weight excluding hydrogens is 410 g/mol. The van der Waals surface area contributed by atoms with Gasteiger partial charge in [-0.15, -0.1) is 0 Å². The average molecular weight is 444 g/mol. The highest BCUT2D eigenvalue weighted by molar-refractivity contribution is 5.74. The van der Waals surface area contributed by atoms with Gasteiger partial charge in [-0.05, 0) is 24.5 Å². The lowest BCUT2D eigenvalue weighted by Crippen LogP contribution is -2.31. The van der Waals surface area contributed by atoms with Gasteiger partial charge in [0.05, 0.1) is 6.54 Å². The molecule has 174 valence electrons. The van der Waals surface area contributed by atoms with Gasteiger partial charge in [-0.1, -0.05) is 51.3 Å². The zero-order chi connectivity index (χ0) is 23.1. The van der Waals surface area contributed by atoms with Crippen molar-refractivity contribution in [2.45, 2.75) is 52.2 Å². The monoisotopic (exact) mass is 443 g/mol. The minimum atomic E-state index is -0.883. The Hall–Kier alpha value is -3.07. The predicted octanol–water partition coefficient (Wildman–Crippen LogP) is 2.49. The third-order valence-electron chi connectivity index (χ3n) is 5.68. The SMILES string of the molecule is CCCCC(CC)CNc1nc2c(c(=O)[nH]c(=O)n2C)n1CC(O)COc1ccccc1. The van der Waals surface area contributed by atoms with Crippen molar-refractivity contribution >= 4 is 17.1 Å². The van der Waals surface area contributed by atoms with Gasteiger partial charge in [-0.25, -0.2) is 4.79 Å². The summed E-state index contributed by atoms with van der Waals surface area (Å²) in [5.41, 5.74) is -0.534. The van der Waals surface area contributed by atoms with Crippen molar-refractivity contribution in [3.8, 4) is 5.75 Å². The number of benzene rings is 1. The van der Waals surface area contributed by atoms with Crippen LogP contribution in [0.5, 0.6) is 5.75 Å². The van der Waals surface area contributed by atoms with E-state index in [0.717, 1.165) is 25.7 Å². The van der Waals surface area contributed by atoms with Crippen LogP contribution in [0.25, 0.3) is 11.2 Å². The standard InChI is InChI=1S/C23H33N5O4/c1-4-6-10-16(5-2)13-24-22-25-20-19(21(30)26-23(31)27(20)3)28(22)14-17(29)15-32-18-11-8-7-9-12-18/h7-9,11-12,16-17,29H,4-6,10,13-15H2,1-3H3,(H,24,25)(H,26,30,31). The first-order valence-corrected chi connectivity index (χ1v) is 11.2. The number of hydrogen-bond acceptors (Lipinski definition) is 6. The lowest BCUT2D eigenvalue weighted by Gasteiger charge is -2.18. The third kappa shape index (κ3) is 5.59. The fraction of sp³-hybridized carbons (Fsp3) is 0.522. The number of aromatic nitrogens is 4. The summed E-state index contributed by atoms with van der Waals surface area (Å²) in [6, 6.07) is 9.23. The van der Waals surface area contributed by atoms with E-state index in [9.17, 15) is 14.7 Å². The number of nitrogens with one attached hydrogen (secondary N) is 2. The minimum absolute atomic E-state index is 0.0564. The smallest absolute Gasteiger partial charge is 0.329 e. The molecule has 3 N–H and O–H groups in total. The van der Waals surface area contributed by atoms with Gasteiger partial charge in [0.25, 0.3) is 5.56 Å². The molecule has 9 nitrogen and oxygen atoms in total. The van der Waals surface area contributed by atoms with Crippen LogP contribution in [-0.2, 0) is 13.6 Å². The van der Waals surface area contributed by atoms with Crippen molar-refractivity contribution in [3.63, 3.8) is 0 Å². The minimum Gasteiger partial charge on any atom is -0.491 e. The number of rotatable bonds is 12. The molecule has 2 atom stereocenters. The van der Waals surface area contributed by atoms with E-state index >= 15 is 0 Å². The van der Waals surface area contributed by atoms with Crippen molar-refractivity contribution < 1.29 is 9.84 Å². The van der Waals surface area contributed by atoms with Gasteiger partial charge in [0.2, 0.25) is 5.95 Å². The highest BCUT2D eigenvalue weighted by atomic mass is 16.5. The molecule has 0 spiro atoms. The number of unbranched alkanes of at least 4 members (excludes halogenated alkanes) is 1. The first-order valence-electron chi connectivity index (χ1n) is 11.2. The van der Waals surface area contributed by atoms with Gasteiger partial charge in [0, 0.05) is 13.6 Å². The third-order valence-corrected chi connectivity index (χ3v) is 5.68. The summed E-state index contributed by atoms with van der Waals surface area (Å²) in [6.07, 6.45) is 3.54. The molecule has 2 unspecified atom stereocenters. The van der Waals surface area contributed by atoms with Crippen LogP contribution in [0.15, 0.2) is 39.9 Å². The Morgan fingerprint density at radius 1 is 1.22 bits per heavy atom. The van der Waals surface area contributed by atoms with E-state index in [1.54, 1.807) is 11.6 Å². The van der Waals surface area contributed by atoms with Crippen LogP contribution in [0.3, 0.4) is 0 Å². The first kappa shape index (κ1) is 23.6. The molecule has 3 rings (SSSR count). The fourth-order valence-electron chi connectivity index (χ4n) is 3.70. The quantitative estimate of drug-likeness (QED) is 0.396. The second kappa shape index (κ2) is 11.0. The van der Waals surface area contributed by atoms with E-state index in [-0.39, 0.29) is 24.3 Å². The molecule has 0 radical (unpaired) electrons. The van der Waals surface area contributed by atoms with E-state index in [4.69, 9.17) is 4.74 Å². The number of fused-ring (bicyclic) bond motifs is 1. The van der Waals surface area contributed by atoms with E-state index in [0.29, 0.717) is 24.2 Å². The highest BCUT2D eigenvalue weighted by Crippen LogP contribution is 2.19. The molecule has 0 bridgehead atoms. The zero-order valence-corrected chi connectivity index (χ0v) is 19.0. The molecule has 1 aromatic carbocycles. The summed E-state index contributed by atoms with van der Waals surface area (Å²) in [7, 11) is 1.56. The second-order valence-corrected chi connectivity index (χ2v) is 8.11. The van der Waals surface area contributed by atoms with Gasteiger partial charge >= 0.3 is 5.69 Å². The number of ether oxygens (including phenoxy) is 1. The number of aromatic amines is 1. The number of imidazole rings is 1. The second-order valence-electron chi connectivity index (χ2n) is 8.11. The van der Waals surface area contributed by atoms with Crippen molar-refractivity contribution in [3.05, 3.63) is 51.2 Å². The van der Waals surface area contributed by atoms with Crippen LogP contribution in [0.2, 0.25) is 0 Å². The molecule has 0 saturated heterocycles. The zero-order valence-electron chi connectivity index (χ0n) is 19.0. The summed E-state index contributed by atoms with van der Waals surface area (Å²) in [5.74, 6) is 1.58. The Morgan fingerprint density at radius 2 is 1.97 bits per heavy atom.